The maximum atomic E-state index is 13.6. The second kappa shape index (κ2) is 10.3. The summed E-state index contributed by atoms with van der Waals surface area (Å²) in [6.45, 7) is 10.5. The van der Waals surface area contributed by atoms with Gasteiger partial charge in [-0.3, -0.25) is 4.79 Å². The van der Waals surface area contributed by atoms with E-state index < -0.39 is 0 Å². The molecule has 1 heterocycles. The van der Waals surface area contributed by atoms with E-state index in [0.717, 1.165) is 61.0 Å². The lowest BCUT2D eigenvalue weighted by atomic mass is 10.1. The second-order valence-electron chi connectivity index (χ2n) is 9.46. The third-order valence-corrected chi connectivity index (χ3v) is 6.22. The Bertz CT molecular complexity index is 1050. The summed E-state index contributed by atoms with van der Waals surface area (Å²) in [4.78, 5) is 20.6. The normalized spacial score (nSPS) is 13.8. The summed E-state index contributed by atoms with van der Waals surface area (Å²) < 4.78 is 2.35. The van der Waals surface area contributed by atoms with E-state index in [9.17, 15) is 4.79 Å². The molecule has 1 N–H and O–H groups in total. The van der Waals surface area contributed by atoms with E-state index in [1.54, 1.807) is 0 Å². The van der Waals surface area contributed by atoms with Gasteiger partial charge in [0.15, 0.2) is 0 Å². The minimum atomic E-state index is 0.0917. The average Bonchev–Trinajstić information content (AvgIpc) is 3.56. The lowest BCUT2D eigenvalue weighted by molar-refractivity contribution is 0.0729. The first-order valence-corrected chi connectivity index (χ1v) is 12.1. The number of fused-ring (bicyclic) bond motifs is 1. The van der Waals surface area contributed by atoms with Crippen molar-refractivity contribution in [1.29, 1.82) is 0 Å². The predicted octanol–water partition coefficient (Wildman–Crippen LogP) is 5.24. The van der Waals surface area contributed by atoms with Crippen LogP contribution >= 0.6 is 0 Å². The van der Waals surface area contributed by atoms with E-state index in [2.05, 4.69) is 54.9 Å². The number of imidazole rings is 1. The molecule has 3 aromatic rings. The van der Waals surface area contributed by atoms with Crippen LogP contribution in [0.5, 0.6) is 0 Å². The van der Waals surface area contributed by atoms with Gasteiger partial charge in [0.25, 0.3) is 5.91 Å². The van der Waals surface area contributed by atoms with Crippen LogP contribution in [-0.2, 0) is 19.6 Å². The van der Waals surface area contributed by atoms with E-state index in [-0.39, 0.29) is 5.91 Å². The van der Waals surface area contributed by atoms with Crippen LogP contribution < -0.4 is 5.32 Å². The van der Waals surface area contributed by atoms with Gasteiger partial charge in [0.2, 0.25) is 0 Å². The Kier molecular flexibility index (Phi) is 7.26. The van der Waals surface area contributed by atoms with E-state index in [0.29, 0.717) is 12.5 Å². The van der Waals surface area contributed by atoms with Gasteiger partial charge in [-0.05, 0) is 67.5 Å². The van der Waals surface area contributed by atoms with Gasteiger partial charge >= 0.3 is 0 Å². The monoisotopic (exact) mass is 432 g/mol. The van der Waals surface area contributed by atoms with Crippen molar-refractivity contribution in [2.75, 3.05) is 13.1 Å². The zero-order valence-corrected chi connectivity index (χ0v) is 19.7. The number of benzene rings is 2. The smallest absolute Gasteiger partial charge is 0.254 e. The number of nitrogens with one attached hydrogen (secondary N) is 1. The maximum Gasteiger partial charge on any atom is 0.254 e. The summed E-state index contributed by atoms with van der Waals surface area (Å²) in [7, 11) is 0. The number of carbonyl (C=O) groups is 1. The third-order valence-electron chi connectivity index (χ3n) is 6.22. The summed E-state index contributed by atoms with van der Waals surface area (Å²) in [5, 5.41) is 3.35. The molecule has 2 aromatic carbocycles. The Morgan fingerprint density at radius 1 is 1.19 bits per heavy atom. The largest absolute Gasteiger partial charge is 0.331 e. The van der Waals surface area contributed by atoms with Crippen LogP contribution in [0.4, 0.5) is 0 Å². The summed E-state index contributed by atoms with van der Waals surface area (Å²) in [5.41, 5.74) is 4.10. The SMILES string of the molecule is CCNCc1cccc(C(=O)N(CCC(C)C)Cc2nc3ccccc3n2CC2CC2)c1. The maximum absolute atomic E-state index is 13.6. The number of amides is 1. The molecule has 1 fully saturated rings. The third kappa shape index (κ3) is 5.57. The predicted molar refractivity (Wildman–Crippen MR) is 130 cm³/mol. The fourth-order valence-electron chi connectivity index (χ4n) is 4.11. The van der Waals surface area contributed by atoms with Crippen LogP contribution in [0.2, 0.25) is 0 Å². The minimum Gasteiger partial charge on any atom is -0.331 e. The number of carbonyl (C=O) groups excluding carboxylic acids is 1. The molecule has 4 rings (SSSR count). The van der Waals surface area contributed by atoms with Gasteiger partial charge in [0.05, 0.1) is 17.6 Å². The molecule has 1 aliphatic rings. The van der Waals surface area contributed by atoms with E-state index in [1.165, 1.54) is 18.4 Å². The zero-order valence-electron chi connectivity index (χ0n) is 19.7. The van der Waals surface area contributed by atoms with Crippen LogP contribution in [0.25, 0.3) is 11.0 Å². The summed E-state index contributed by atoms with van der Waals surface area (Å²) in [6.07, 6.45) is 3.56. The molecule has 5 heteroatoms. The summed E-state index contributed by atoms with van der Waals surface area (Å²) in [5.74, 6) is 2.37. The second-order valence-corrected chi connectivity index (χ2v) is 9.46. The molecule has 0 spiro atoms. The number of nitrogens with zero attached hydrogens (tertiary/aromatic N) is 3. The number of hydrogen-bond donors (Lipinski definition) is 1. The molecule has 170 valence electrons. The lowest BCUT2D eigenvalue weighted by Crippen LogP contribution is -2.33. The van der Waals surface area contributed by atoms with Crippen molar-refractivity contribution < 1.29 is 4.79 Å². The molecule has 0 radical (unpaired) electrons. The highest BCUT2D eigenvalue weighted by Crippen LogP contribution is 2.32. The molecule has 0 aliphatic heterocycles. The molecule has 1 aromatic heterocycles. The van der Waals surface area contributed by atoms with Crippen molar-refractivity contribution in [3.05, 3.63) is 65.5 Å². The fourth-order valence-corrected chi connectivity index (χ4v) is 4.11. The fraction of sp³-hybridized carbons (Fsp3) is 0.481. The Labute approximate surface area is 191 Å². The number of rotatable bonds is 11. The first-order valence-electron chi connectivity index (χ1n) is 12.1. The van der Waals surface area contributed by atoms with Crippen LogP contribution in [0.3, 0.4) is 0 Å². The van der Waals surface area contributed by atoms with Gasteiger partial charge < -0.3 is 14.8 Å². The molecule has 0 atom stereocenters. The van der Waals surface area contributed by atoms with E-state index in [4.69, 9.17) is 4.98 Å². The standard InChI is InChI=1S/C27H36N4O/c1-4-28-17-22-8-7-9-23(16-22)27(32)30(15-14-20(2)3)19-26-29-24-10-5-6-11-25(24)31(26)18-21-12-13-21/h5-11,16,20-21,28H,4,12-15,17-19H2,1-3H3. The van der Waals surface area contributed by atoms with Crippen molar-refractivity contribution >= 4 is 16.9 Å². The molecule has 1 aliphatic carbocycles. The molecular weight excluding hydrogens is 396 g/mol. The molecule has 1 saturated carbocycles. The van der Waals surface area contributed by atoms with E-state index in [1.807, 2.05) is 29.2 Å². The Morgan fingerprint density at radius 2 is 2.00 bits per heavy atom. The molecule has 32 heavy (non-hydrogen) atoms. The Hall–Kier alpha value is -2.66. The molecule has 5 nitrogen and oxygen atoms in total. The topological polar surface area (TPSA) is 50.2 Å². The van der Waals surface area contributed by atoms with Crippen LogP contribution in [0.1, 0.15) is 61.8 Å². The molecule has 0 unspecified atom stereocenters. The molecule has 1 amide bonds. The highest BCUT2D eigenvalue weighted by atomic mass is 16.2. The Morgan fingerprint density at radius 3 is 2.75 bits per heavy atom. The van der Waals surface area contributed by atoms with Crippen molar-refractivity contribution in [3.8, 4) is 0 Å². The van der Waals surface area contributed by atoms with Crippen molar-refractivity contribution in [3.63, 3.8) is 0 Å². The highest BCUT2D eigenvalue weighted by Gasteiger charge is 2.26. The summed E-state index contributed by atoms with van der Waals surface area (Å²) in [6, 6.07) is 16.4. The number of aromatic nitrogens is 2. The number of hydrogen-bond acceptors (Lipinski definition) is 3. The number of para-hydroxylation sites is 2. The van der Waals surface area contributed by atoms with E-state index >= 15 is 0 Å². The quantitative estimate of drug-likeness (QED) is 0.450. The van der Waals surface area contributed by atoms with Crippen LogP contribution in [0.15, 0.2) is 48.5 Å². The molecule has 0 saturated heterocycles. The van der Waals surface area contributed by atoms with Crippen LogP contribution in [0, 0.1) is 11.8 Å². The first kappa shape index (κ1) is 22.5. The summed E-state index contributed by atoms with van der Waals surface area (Å²) >= 11 is 0. The van der Waals surface area contributed by atoms with Gasteiger partial charge in [-0.25, -0.2) is 4.98 Å². The van der Waals surface area contributed by atoms with Crippen molar-refractivity contribution in [2.24, 2.45) is 11.8 Å². The van der Waals surface area contributed by atoms with Gasteiger partial charge in [-0.2, -0.15) is 0 Å². The van der Waals surface area contributed by atoms with Crippen molar-refractivity contribution in [1.82, 2.24) is 19.8 Å². The highest BCUT2D eigenvalue weighted by molar-refractivity contribution is 5.94. The van der Waals surface area contributed by atoms with Gasteiger partial charge in [0, 0.05) is 25.2 Å². The van der Waals surface area contributed by atoms with Gasteiger partial charge in [-0.15, -0.1) is 0 Å². The molecular formula is C27H36N4O. The van der Waals surface area contributed by atoms with Crippen molar-refractivity contribution in [2.45, 2.75) is 59.7 Å². The van der Waals surface area contributed by atoms with Gasteiger partial charge in [-0.1, -0.05) is 45.0 Å². The van der Waals surface area contributed by atoms with Crippen LogP contribution in [-0.4, -0.2) is 33.4 Å². The molecule has 0 bridgehead atoms. The minimum absolute atomic E-state index is 0.0917. The van der Waals surface area contributed by atoms with Gasteiger partial charge in [0.1, 0.15) is 5.82 Å². The first-order chi connectivity index (χ1) is 15.5. The Balaban J connectivity index is 1.61. The zero-order chi connectivity index (χ0) is 22.5. The lowest BCUT2D eigenvalue weighted by Gasteiger charge is -2.24. The average molecular weight is 433 g/mol.